The number of hydrogen-bond acceptors (Lipinski definition) is 5. The number of carbonyl (C=O) groups is 2. The van der Waals surface area contributed by atoms with Gasteiger partial charge < -0.3 is 14.6 Å². The Morgan fingerprint density at radius 3 is 0.808 bits per heavy atom. The molecule has 0 heterocycles. The van der Waals surface area contributed by atoms with E-state index in [-0.39, 0.29) is 25.2 Å². The highest BCUT2D eigenvalue weighted by molar-refractivity contribution is 5.70. The third kappa shape index (κ3) is 63.8. The molecule has 0 fully saturated rings. The molecule has 438 valence electrons. The maximum atomic E-state index is 12.3. The minimum Gasteiger partial charge on any atom is -0.462 e. The summed E-state index contributed by atoms with van der Waals surface area (Å²) in [6.45, 7) is 3.86. The van der Waals surface area contributed by atoms with Gasteiger partial charge in [0.25, 0.3) is 0 Å². The van der Waals surface area contributed by atoms with E-state index in [4.69, 9.17) is 9.47 Å². The van der Waals surface area contributed by atoms with E-state index >= 15 is 0 Å². The first-order chi connectivity index (χ1) is 38.6. The van der Waals surface area contributed by atoms with Gasteiger partial charge in [-0.15, -0.1) is 0 Å². The van der Waals surface area contributed by atoms with E-state index in [9.17, 15) is 14.7 Å². The predicted octanol–water partition coefficient (Wildman–Crippen LogP) is 22.1. The van der Waals surface area contributed by atoms with Crippen molar-refractivity contribution in [1.82, 2.24) is 0 Å². The lowest BCUT2D eigenvalue weighted by Gasteiger charge is -2.15. The Bertz CT molecular complexity index is 1740. The second-order valence-corrected chi connectivity index (χ2v) is 20.4. The van der Waals surface area contributed by atoms with Gasteiger partial charge >= 0.3 is 11.9 Å². The van der Waals surface area contributed by atoms with Crippen LogP contribution in [0.4, 0.5) is 0 Å². The van der Waals surface area contributed by atoms with E-state index in [1.54, 1.807) is 0 Å². The summed E-state index contributed by atoms with van der Waals surface area (Å²) in [5.74, 6) is -0.665. The van der Waals surface area contributed by atoms with Crippen LogP contribution in [0.5, 0.6) is 0 Å². The van der Waals surface area contributed by atoms with Crippen LogP contribution in [-0.4, -0.2) is 36.4 Å². The summed E-state index contributed by atoms with van der Waals surface area (Å²) >= 11 is 0. The predicted molar refractivity (Wildman–Crippen MR) is 343 cm³/mol. The van der Waals surface area contributed by atoms with Gasteiger partial charge in [0.1, 0.15) is 6.61 Å². The Balaban J connectivity index is 3.55. The molecule has 5 nitrogen and oxygen atoms in total. The molecule has 1 N–H and O–H groups in total. The molecule has 0 radical (unpaired) electrons. The second-order valence-electron chi connectivity index (χ2n) is 20.4. The van der Waals surface area contributed by atoms with Crippen LogP contribution >= 0.6 is 0 Å². The molecule has 0 aliphatic rings. The van der Waals surface area contributed by atoms with Crippen LogP contribution in [0.25, 0.3) is 0 Å². The molecule has 0 rings (SSSR count). The van der Waals surface area contributed by atoms with Crippen molar-refractivity contribution in [1.29, 1.82) is 0 Å². The zero-order valence-corrected chi connectivity index (χ0v) is 50.1. The molecule has 5 heteroatoms. The van der Waals surface area contributed by atoms with Gasteiger partial charge in [0.2, 0.25) is 0 Å². The number of rotatable bonds is 56. The summed E-state index contributed by atoms with van der Waals surface area (Å²) in [7, 11) is 0. The lowest BCUT2D eigenvalue weighted by Crippen LogP contribution is -2.28. The van der Waals surface area contributed by atoms with E-state index in [0.717, 1.165) is 116 Å². The fourth-order valence-corrected chi connectivity index (χ4v) is 8.35. The lowest BCUT2D eigenvalue weighted by molar-refractivity contribution is -0.161. The minimum absolute atomic E-state index is 0.104. The molecular formula is C73H116O5. The van der Waals surface area contributed by atoms with Crippen molar-refractivity contribution < 1.29 is 24.2 Å². The number of esters is 2. The molecule has 1 unspecified atom stereocenters. The Labute approximate surface area is 481 Å². The molecule has 0 aromatic carbocycles. The Hall–Kier alpha value is -4.74. The molecule has 0 bridgehead atoms. The molecule has 0 aromatic heterocycles. The highest BCUT2D eigenvalue weighted by atomic mass is 16.6. The zero-order valence-electron chi connectivity index (χ0n) is 50.1. The molecule has 0 saturated carbocycles. The number of carbonyl (C=O) groups excluding carboxylic acids is 2. The van der Waals surface area contributed by atoms with Crippen molar-refractivity contribution in [2.24, 2.45) is 0 Å². The van der Waals surface area contributed by atoms with Crippen molar-refractivity contribution in [3.05, 3.63) is 170 Å². The van der Waals surface area contributed by atoms with Crippen molar-refractivity contribution in [2.45, 2.75) is 264 Å². The standard InChI is InChI=1S/C73H116O5/c1-3-5-7-9-11-13-15-17-19-21-23-25-27-28-29-30-31-32-33-34-35-36-37-38-39-40-41-42-43-44-46-48-50-52-54-56-58-60-62-64-66-68-73(76)78-71(69-74)70-77-72(75)67-65-63-61-59-57-55-53-51-49-47-45-26-24-22-20-18-16-14-12-10-8-6-4-2/h5-8,11-14,17-20,23-26,28-29,31-32,34-35,47,49,53,55,59,61,71,74H,3-4,9-10,15-16,21-22,27,30,33,36-46,48,50-52,54,56-58,60,62-70H2,1-2H3/b7-5-,8-6-,13-11-,14-12-,19-17-,20-18-,25-23-,26-24-,29-28-,32-31-,35-34-,49-47-,55-53-,61-59-. The van der Waals surface area contributed by atoms with Gasteiger partial charge in [-0.1, -0.05) is 293 Å². The molecule has 0 amide bonds. The molecule has 78 heavy (non-hydrogen) atoms. The van der Waals surface area contributed by atoms with Crippen LogP contribution in [0.3, 0.4) is 0 Å². The Morgan fingerprint density at radius 1 is 0.295 bits per heavy atom. The fraction of sp³-hybridized carbons (Fsp3) is 0.589. The maximum Gasteiger partial charge on any atom is 0.306 e. The maximum absolute atomic E-state index is 12.3. The van der Waals surface area contributed by atoms with Gasteiger partial charge in [0, 0.05) is 12.8 Å². The van der Waals surface area contributed by atoms with Crippen LogP contribution in [0, 0.1) is 0 Å². The Kier molecular flexibility index (Phi) is 62.5. The molecule has 0 aliphatic carbocycles. The van der Waals surface area contributed by atoms with Gasteiger partial charge in [-0.25, -0.2) is 0 Å². The van der Waals surface area contributed by atoms with Gasteiger partial charge in [0.15, 0.2) is 6.10 Å². The number of aliphatic hydroxyl groups is 1. The number of hydrogen-bond donors (Lipinski definition) is 1. The monoisotopic (exact) mass is 1070 g/mol. The normalized spacial score (nSPS) is 13.4. The summed E-state index contributed by atoms with van der Waals surface area (Å²) in [4.78, 5) is 24.5. The number of unbranched alkanes of at least 4 members (excludes halogenated alkanes) is 20. The first kappa shape index (κ1) is 73.3. The first-order valence-electron chi connectivity index (χ1n) is 31.7. The number of aliphatic hydroxyl groups excluding tert-OH is 1. The molecule has 0 saturated heterocycles. The molecule has 0 aliphatic heterocycles. The summed E-state index contributed by atoms with van der Waals surface area (Å²) in [6.07, 6.45) is 104. The van der Waals surface area contributed by atoms with E-state index in [1.807, 2.05) is 0 Å². The summed E-state index contributed by atoms with van der Waals surface area (Å²) < 4.78 is 10.7. The average molecular weight is 1070 g/mol. The fourth-order valence-electron chi connectivity index (χ4n) is 8.35. The third-order valence-corrected chi connectivity index (χ3v) is 13.0. The molecule has 1 atom stereocenters. The smallest absolute Gasteiger partial charge is 0.306 e. The lowest BCUT2D eigenvalue weighted by atomic mass is 10.0. The van der Waals surface area contributed by atoms with E-state index in [1.165, 1.54) is 109 Å². The van der Waals surface area contributed by atoms with Crippen molar-refractivity contribution in [3.63, 3.8) is 0 Å². The second kappa shape index (κ2) is 66.5. The van der Waals surface area contributed by atoms with E-state index < -0.39 is 6.10 Å². The van der Waals surface area contributed by atoms with E-state index in [2.05, 4.69) is 184 Å². The topological polar surface area (TPSA) is 72.8 Å². The highest BCUT2D eigenvalue weighted by Gasteiger charge is 2.16. The summed E-state index contributed by atoms with van der Waals surface area (Å²) in [6, 6.07) is 0. The van der Waals surface area contributed by atoms with Crippen LogP contribution in [0.2, 0.25) is 0 Å². The largest absolute Gasteiger partial charge is 0.462 e. The average Bonchev–Trinajstić information content (AvgIpc) is 3.44. The molecule has 0 spiro atoms. The summed E-state index contributed by atoms with van der Waals surface area (Å²) in [5, 5.41) is 9.67. The van der Waals surface area contributed by atoms with Crippen LogP contribution < -0.4 is 0 Å². The van der Waals surface area contributed by atoms with E-state index in [0.29, 0.717) is 19.3 Å². The summed E-state index contributed by atoms with van der Waals surface area (Å²) in [5.41, 5.74) is 0. The van der Waals surface area contributed by atoms with Crippen LogP contribution in [0.15, 0.2) is 170 Å². The number of ether oxygens (including phenoxy) is 2. The highest BCUT2D eigenvalue weighted by Crippen LogP contribution is 2.16. The van der Waals surface area contributed by atoms with Gasteiger partial charge in [-0.2, -0.15) is 0 Å². The Morgan fingerprint density at radius 2 is 0.526 bits per heavy atom. The van der Waals surface area contributed by atoms with Gasteiger partial charge in [-0.3, -0.25) is 9.59 Å². The van der Waals surface area contributed by atoms with Crippen LogP contribution in [0.1, 0.15) is 258 Å². The molecular weight excluding hydrogens is 957 g/mol. The van der Waals surface area contributed by atoms with Gasteiger partial charge in [0.05, 0.1) is 6.61 Å². The quantitative estimate of drug-likeness (QED) is 0.0373. The molecule has 0 aromatic rings. The van der Waals surface area contributed by atoms with Crippen LogP contribution in [-0.2, 0) is 19.1 Å². The number of allylic oxidation sites excluding steroid dienone is 28. The minimum atomic E-state index is -0.807. The third-order valence-electron chi connectivity index (χ3n) is 13.0. The van der Waals surface area contributed by atoms with Crippen molar-refractivity contribution in [3.8, 4) is 0 Å². The first-order valence-corrected chi connectivity index (χ1v) is 31.7. The van der Waals surface area contributed by atoms with Crippen molar-refractivity contribution in [2.75, 3.05) is 13.2 Å². The SMILES string of the molecule is CC/C=C\C/C=C\C/C=C\C/C=C\C/C=C\C/C=C\C/C=C\CCCCCCCCCCCCCCCCCCCCCC(=O)OC(CO)COC(=O)CCC/C=C\C/C=C\C/C=C\C/C=C\C/C=C\C/C=C\C/C=C\CC. The van der Waals surface area contributed by atoms with Crippen molar-refractivity contribution >= 4 is 11.9 Å². The zero-order chi connectivity index (χ0) is 56.2. The van der Waals surface area contributed by atoms with Gasteiger partial charge in [-0.05, 0) is 122 Å².